The topological polar surface area (TPSA) is 49.4 Å². The number of ether oxygens (including phenoxy) is 1. The number of nitrogens with zero attached hydrogens (tertiary/aromatic N) is 2. The lowest BCUT2D eigenvalue weighted by molar-refractivity contribution is 0.319. The Morgan fingerprint density at radius 1 is 1.16 bits per heavy atom. The molecule has 0 aliphatic heterocycles. The van der Waals surface area contributed by atoms with Crippen LogP contribution in [-0.4, -0.2) is 6.61 Å². The van der Waals surface area contributed by atoms with Crippen molar-refractivity contribution < 1.29 is 4.74 Å². The first-order valence-corrected chi connectivity index (χ1v) is 6.27. The van der Waals surface area contributed by atoms with Gasteiger partial charge in [-0.25, -0.2) is 0 Å². The Bertz CT molecular complexity index is 576. The largest absolute Gasteiger partial charge is 0.491 e. The Labute approximate surface area is 112 Å². The fraction of sp³-hybridized carbons (Fsp3) is 0.200. The molecule has 0 bridgehead atoms. The van der Waals surface area contributed by atoms with E-state index in [0.29, 0.717) is 18.0 Å². The summed E-state index contributed by atoms with van der Waals surface area (Å²) in [5.74, 6) is 0.681. The minimum atomic E-state index is 0.477. The van der Waals surface area contributed by atoms with Crippen molar-refractivity contribution in [3.63, 3.8) is 0 Å². The Balaban J connectivity index is 2.26. The molecule has 0 saturated heterocycles. The van der Waals surface area contributed by atoms with E-state index in [1.54, 1.807) is 12.1 Å². The van der Waals surface area contributed by atoms with Crippen LogP contribution in [0.4, 0.5) is 17.1 Å². The molecule has 4 heteroatoms. The van der Waals surface area contributed by atoms with Gasteiger partial charge in [-0.3, -0.25) is 0 Å². The summed E-state index contributed by atoms with van der Waals surface area (Å²) in [7, 11) is 0. The van der Waals surface area contributed by atoms with E-state index < -0.39 is 0 Å². The summed E-state index contributed by atoms with van der Waals surface area (Å²) in [6.45, 7) is 2.67. The highest BCUT2D eigenvalue weighted by Gasteiger charge is 2.11. The molecule has 0 aliphatic carbocycles. The Morgan fingerprint density at radius 2 is 1.95 bits per heavy atom. The second kappa shape index (κ2) is 6.41. The van der Waals surface area contributed by atoms with Gasteiger partial charge in [-0.15, -0.1) is 0 Å². The zero-order valence-corrected chi connectivity index (χ0v) is 10.8. The second-order valence-corrected chi connectivity index (χ2v) is 4.12. The van der Waals surface area contributed by atoms with E-state index >= 15 is 0 Å². The Morgan fingerprint density at radius 3 is 2.63 bits per heavy atom. The molecule has 0 atom stereocenters. The van der Waals surface area contributed by atoms with Crippen molar-refractivity contribution in [3.8, 4) is 5.75 Å². The van der Waals surface area contributed by atoms with Gasteiger partial charge in [0.25, 0.3) is 0 Å². The first-order valence-electron chi connectivity index (χ1n) is 6.27. The van der Waals surface area contributed by atoms with Crippen LogP contribution in [0.25, 0.3) is 4.98 Å². The molecule has 0 spiro atoms. The van der Waals surface area contributed by atoms with Crippen molar-refractivity contribution in [2.45, 2.75) is 13.3 Å². The molecule has 96 valence electrons. The number of nitrogens with one attached hydrogen (secondary N) is 1. The van der Waals surface area contributed by atoms with E-state index in [1.807, 2.05) is 43.3 Å². The first kappa shape index (κ1) is 12.9. The van der Waals surface area contributed by atoms with Gasteiger partial charge in [0.15, 0.2) is 10.7 Å². The monoisotopic (exact) mass is 254 g/mol. The van der Waals surface area contributed by atoms with E-state index in [1.165, 1.54) is 0 Å². The van der Waals surface area contributed by atoms with E-state index in [2.05, 4.69) is 10.3 Å². The zero-order valence-electron chi connectivity index (χ0n) is 10.8. The fourth-order valence-electron chi connectivity index (χ4n) is 1.68. The average Bonchev–Trinajstić information content (AvgIpc) is 2.47. The third kappa shape index (κ3) is 3.46. The Hall–Kier alpha value is -2.54. The number of anilines is 2. The lowest BCUT2D eigenvalue weighted by atomic mass is 10.2. The van der Waals surface area contributed by atoms with Gasteiger partial charge in [-0.1, -0.05) is 25.1 Å². The predicted molar refractivity (Wildman–Crippen MR) is 76.7 cm³/mol. The molecule has 0 saturated carbocycles. The molecular formula is C15H16N3O+. The van der Waals surface area contributed by atoms with Gasteiger partial charge >= 0.3 is 5.69 Å². The number of rotatable bonds is 5. The smallest absolute Gasteiger partial charge is 0.388 e. The molecule has 0 radical (unpaired) electrons. The molecule has 2 aromatic rings. The molecule has 0 unspecified atom stereocenters. The molecule has 2 aromatic carbocycles. The highest BCUT2D eigenvalue weighted by molar-refractivity contribution is 5.70. The highest BCUT2D eigenvalue weighted by Crippen LogP contribution is 2.32. The van der Waals surface area contributed by atoms with Crippen LogP contribution in [0.15, 0.2) is 48.5 Å². The molecule has 0 aliphatic rings. The Kier molecular flexibility index (Phi) is 4.35. The minimum absolute atomic E-state index is 0.477. The van der Waals surface area contributed by atoms with Crippen LogP contribution in [-0.2, 0) is 0 Å². The summed E-state index contributed by atoms with van der Waals surface area (Å²) in [5, 5.41) is 12.1. The van der Waals surface area contributed by atoms with Crippen LogP contribution in [0, 0.1) is 5.39 Å². The van der Waals surface area contributed by atoms with E-state index in [-0.39, 0.29) is 0 Å². The van der Waals surface area contributed by atoms with E-state index in [4.69, 9.17) is 10.1 Å². The number of benzene rings is 2. The van der Waals surface area contributed by atoms with Crippen molar-refractivity contribution in [2.24, 2.45) is 0 Å². The summed E-state index contributed by atoms with van der Waals surface area (Å²) >= 11 is 0. The molecule has 0 amide bonds. The van der Waals surface area contributed by atoms with Crippen molar-refractivity contribution in [1.82, 2.24) is 0 Å². The average molecular weight is 254 g/mol. The van der Waals surface area contributed by atoms with Crippen molar-refractivity contribution in [3.05, 3.63) is 53.5 Å². The maximum Gasteiger partial charge on any atom is 0.388 e. The molecule has 2 rings (SSSR count). The predicted octanol–water partition coefficient (Wildman–Crippen LogP) is 4.70. The fourth-order valence-corrected chi connectivity index (χ4v) is 1.68. The van der Waals surface area contributed by atoms with Crippen LogP contribution in [0.2, 0.25) is 0 Å². The molecule has 0 heterocycles. The lowest BCUT2D eigenvalue weighted by Gasteiger charge is -2.11. The maximum absolute atomic E-state index is 8.82. The van der Waals surface area contributed by atoms with Crippen molar-refractivity contribution >= 4 is 17.1 Å². The summed E-state index contributed by atoms with van der Waals surface area (Å²) in [6.07, 6.45) is 0.922. The summed E-state index contributed by atoms with van der Waals surface area (Å²) in [6, 6.07) is 15.1. The van der Waals surface area contributed by atoms with Gasteiger partial charge < -0.3 is 10.1 Å². The van der Waals surface area contributed by atoms with Crippen LogP contribution >= 0.6 is 0 Å². The highest BCUT2D eigenvalue weighted by atomic mass is 16.5. The summed E-state index contributed by atoms with van der Waals surface area (Å²) in [4.78, 5) is 3.18. The number of hydrogen-bond donors (Lipinski definition) is 1. The van der Waals surface area contributed by atoms with Gasteiger partial charge in [0, 0.05) is 11.8 Å². The van der Waals surface area contributed by atoms with Gasteiger partial charge in [-0.2, -0.15) is 0 Å². The number of para-hydroxylation sites is 1. The molecular weight excluding hydrogens is 238 g/mol. The second-order valence-electron chi connectivity index (χ2n) is 4.12. The SMILES string of the molecule is CCCOc1cc([N+]#N)ccc1Nc1ccccc1. The number of diazo groups is 1. The van der Waals surface area contributed by atoms with Gasteiger partial charge in [-0.05, 0) is 24.6 Å². The van der Waals surface area contributed by atoms with E-state index in [9.17, 15) is 0 Å². The first-order chi connectivity index (χ1) is 9.33. The van der Waals surface area contributed by atoms with E-state index in [0.717, 1.165) is 17.8 Å². The minimum Gasteiger partial charge on any atom is -0.491 e. The van der Waals surface area contributed by atoms with Crippen molar-refractivity contribution in [2.75, 3.05) is 11.9 Å². The quantitative estimate of drug-likeness (QED) is 0.786. The molecule has 19 heavy (non-hydrogen) atoms. The maximum atomic E-state index is 8.82. The standard InChI is InChI=1S/C15H16N3O/c1-2-10-19-15-11-13(18-16)8-9-14(15)17-12-6-4-3-5-7-12/h3-9,11,17H,2,10H2,1H3/q+1. The van der Waals surface area contributed by atoms with Crippen LogP contribution in [0.5, 0.6) is 5.75 Å². The van der Waals surface area contributed by atoms with Crippen LogP contribution in [0.3, 0.4) is 0 Å². The van der Waals surface area contributed by atoms with Gasteiger partial charge in [0.05, 0.1) is 18.4 Å². The zero-order chi connectivity index (χ0) is 13.5. The molecule has 0 fully saturated rings. The van der Waals surface area contributed by atoms with Crippen LogP contribution < -0.4 is 10.1 Å². The van der Waals surface area contributed by atoms with Crippen molar-refractivity contribution in [1.29, 1.82) is 5.39 Å². The summed E-state index contributed by atoms with van der Waals surface area (Å²) < 4.78 is 5.67. The lowest BCUT2D eigenvalue weighted by Crippen LogP contribution is -1.99. The third-order valence-corrected chi connectivity index (χ3v) is 2.60. The van der Waals surface area contributed by atoms with Gasteiger partial charge in [0.1, 0.15) is 0 Å². The molecule has 4 nitrogen and oxygen atoms in total. The summed E-state index contributed by atoms with van der Waals surface area (Å²) in [5.41, 5.74) is 2.31. The van der Waals surface area contributed by atoms with Crippen LogP contribution in [0.1, 0.15) is 13.3 Å². The molecule has 0 aromatic heterocycles. The third-order valence-electron chi connectivity index (χ3n) is 2.60. The normalized spacial score (nSPS) is 9.68. The number of hydrogen-bond acceptors (Lipinski definition) is 3. The van der Waals surface area contributed by atoms with Gasteiger partial charge in [0.2, 0.25) is 5.39 Å². The molecule has 1 N–H and O–H groups in total.